The average molecular weight is 126 g/mol. The van der Waals surface area contributed by atoms with Gasteiger partial charge in [-0.05, 0) is 19.3 Å². The highest BCUT2D eigenvalue weighted by molar-refractivity contribution is 5.48. The van der Waals surface area contributed by atoms with E-state index in [9.17, 15) is 4.79 Å². The van der Waals surface area contributed by atoms with Crippen molar-refractivity contribution in [1.29, 1.82) is 0 Å². The van der Waals surface area contributed by atoms with Gasteiger partial charge in [0.25, 0.3) is 0 Å². The van der Waals surface area contributed by atoms with Gasteiger partial charge in [0.1, 0.15) is 6.29 Å². The predicted molar refractivity (Wildman–Crippen MR) is 39.3 cm³/mol. The highest BCUT2D eigenvalue weighted by Gasteiger charge is 1.79. The molecule has 0 amide bonds. The van der Waals surface area contributed by atoms with Crippen molar-refractivity contribution >= 4 is 6.29 Å². The topological polar surface area (TPSA) is 17.1 Å². The summed E-state index contributed by atoms with van der Waals surface area (Å²) >= 11 is 0. The van der Waals surface area contributed by atoms with Crippen LogP contribution in [-0.2, 0) is 4.79 Å². The van der Waals surface area contributed by atoms with Crippen LogP contribution in [0.25, 0.3) is 0 Å². The highest BCUT2D eigenvalue weighted by atomic mass is 16.1. The van der Waals surface area contributed by atoms with E-state index in [0.717, 1.165) is 25.5 Å². The fraction of sp³-hybridized carbons (Fsp3) is 0.625. The standard InChI is InChI=1S/C8H14O/c1-2-3-4-5-6-7-8-9/h3-4,8H,2,5-7H2,1H3/b4-3-. The smallest absolute Gasteiger partial charge is 0.120 e. The molecule has 0 aromatic rings. The van der Waals surface area contributed by atoms with Gasteiger partial charge in [0, 0.05) is 6.42 Å². The number of unbranched alkanes of at least 4 members (excludes halogenated alkanes) is 2. The molecule has 9 heavy (non-hydrogen) atoms. The normalized spacial score (nSPS) is 10.3. The van der Waals surface area contributed by atoms with Crippen LogP contribution in [0, 0.1) is 0 Å². The van der Waals surface area contributed by atoms with Gasteiger partial charge in [0.05, 0.1) is 0 Å². The van der Waals surface area contributed by atoms with Crippen molar-refractivity contribution in [3.8, 4) is 0 Å². The zero-order valence-electron chi connectivity index (χ0n) is 5.97. The monoisotopic (exact) mass is 126 g/mol. The van der Waals surface area contributed by atoms with Crippen LogP contribution in [0.15, 0.2) is 12.2 Å². The second kappa shape index (κ2) is 7.41. The zero-order valence-corrected chi connectivity index (χ0v) is 5.97. The molecule has 0 aromatic carbocycles. The SMILES string of the molecule is CC/C=C\CCCC=O. The van der Waals surface area contributed by atoms with Crippen LogP contribution in [0.5, 0.6) is 0 Å². The minimum Gasteiger partial charge on any atom is -0.303 e. The average Bonchev–Trinajstić information content (AvgIpc) is 1.89. The Morgan fingerprint density at radius 1 is 1.22 bits per heavy atom. The summed E-state index contributed by atoms with van der Waals surface area (Å²) in [5, 5.41) is 0. The van der Waals surface area contributed by atoms with E-state index >= 15 is 0 Å². The van der Waals surface area contributed by atoms with E-state index in [1.807, 2.05) is 0 Å². The van der Waals surface area contributed by atoms with E-state index in [1.54, 1.807) is 0 Å². The zero-order chi connectivity index (χ0) is 6.95. The molecule has 0 unspecified atom stereocenters. The van der Waals surface area contributed by atoms with Gasteiger partial charge >= 0.3 is 0 Å². The van der Waals surface area contributed by atoms with Crippen molar-refractivity contribution < 1.29 is 4.79 Å². The first-order valence-electron chi connectivity index (χ1n) is 3.50. The fourth-order valence-electron chi connectivity index (χ4n) is 0.604. The van der Waals surface area contributed by atoms with Gasteiger partial charge < -0.3 is 4.79 Å². The van der Waals surface area contributed by atoms with Crippen molar-refractivity contribution in [2.45, 2.75) is 32.6 Å². The maximum Gasteiger partial charge on any atom is 0.120 e. The Hall–Kier alpha value is -0.590. The van der Waals surface area contributed by atoms with Crippen LogP contribution >= 0.6 is 0 Å². The Morgan fingerprint density at radius 3 is 2.56 bits per heavy atom. The lowest BCUT2D eigenvalue weighted by Gasteiger charge is -1.85. The van der Waals surface area contributed by atoms with Gasteiger partial charge in [-0.1, -0.05) is 19.1 Å². The predicted octanol–water partition coefficient (Wildman–Crippen LogP) is 2.32. The van der Waals surface area contributed by atoms with E-state index in [2.05, 4.69) is 19.1 Å². The number of rotatable bonds is 5. The Balaban J connectivity index is 2.90. The molecule has 0 aliphatic carbocycles. The van der Waals surface area contributed by atoms with Crippen molar-refractivity contribution in [1.82, 2.24) is 0 Å². The molecular formula is C8H14O. The van der Waals surface area contributed by atoms with E-state index in [4.69, 9.17) is 0 Å². The number of allylic oxidation sites excluding steroid dienone is 2. The van der Waals surface area contributed by atoms with Crippen molar-refractivity contribution in [3.05, 3.63) is 12.2 Å². The molecule has 0 spiro atoms. The van der Waals surface area contributed by atoms with E-state index in [-0.39, 0.29) is 0 Å². The molecule has 0 aliphatic heterocycles. The van der Waals surface area contributed by atoms with Crippen LogP contribution in [0.4, 0.5) is 0 Å². The maximum absolute atomic E-state index is 9.81. The minimum atomic E-state index is 0.702. The van der Waals surface area contributed by atoms with E-state index in [1.165, 1.54) is 0 Å². The third kappa shape index (κ3) is 7.41. The molecule has 52 valence electrons. The third-order valence-electron chi connectivity index (χ3n) is 1.10. The molecular weight excluding hydrogens is 112 g/mol. The number of carbonyl (C=O) groups is 1. The summed E-state index contributed by atoms with van der Waals surface area (Å²) in [5.74, 6) is 0. The van der Waals surface area contributed by atoms with E-state index < -0.39 is 0 Å². The second-order valence-corrected chi connectivity index (χ2v) is 1.98. The number of hydrogen-bond donors (Lipinski definition) is 0. The van der Waals surface area contributed by atoms with Crippen LogP contribution in [-0.4, -0.2) is 6.29 Å². The Bertz CT molecular complexity index is 84.6. The van der Waals surface area contributed by atoms with Gasteiger partial charge in [-0.25, -0.2) is 0 Å². The van der Waals surface area contributed by atoms with E-state index in [0.29, 0.717) is 6.42 Å². The van der Waals surface area contributed by atoms with Gasteiger partial charge in [0.15, 0.2) is 0 Å². The molecule has 0 heterocycles. The van der Waals surface area contributed by atoms with Gasteiger partial charge in [-0.3, -0.25) is 0 Å². The molecule has 0 atom stereocenters. The molecule has 0 bridgehead atoms. The number of aldehydes is 1. The molecule has 0 saturated carbocycles. The molecule has 0 saturated heterocycles. The van der Waals surface area contributed by atoms with Gasteiger partial charge in [-0.15, -0.1) is 0 Å². The molecule has 0 aromatic heterocycles. The molecule has 0 aliphatic rings. The summed E-state index contributed by atoms with van der Waals surface area (Å²) in [6.45, 7) is 2.11. The summed E-state index contributed by atoms with van der Waals surface area (Å²) in [6, 6.07) is 0. The quantitative estimate of drug-likeness (QED) is 0.314. The lowest BCUT2D eigenvalue weighted by molar-refractivity contribution is -0.107. The van der Waals surface area contributed by atoms with Gasteiger partial charge in [-0.2, -0.15) is 0 Å². The second-order valence-electron chi connectivity index (χ2n) is 1.98. The molecule has 1 nitrogen and oxygen atoms in total. The van der Waals surface area contributed by atoms with Crippen LogP contribution < -0.4 is 0 Å². The summed E-state index contributed by atoms with van der Waals surface area (Å²) in [4.78, 5) is 9.81. The third-order valence-corrected chi connectivity index (χ3v) is 1.10. The summed E-state index contributed by atoms with van der Waals surface area (Å²) in [5.41, 5.74) is 0. The largest absolute Gasteiger partial charge is 0.303 e. The molecule has 0 N–H and O–H groups in total. The summed E-state index contributed by atoms with van der Waals surface area (Å²) in [7, 11) is 0. The van der Waals surface area contributed by atoms with Crippen LogP contribution in [0.1, 0.15) is 32.6 Å². The summed E-state index contributed by atoms with van der Waals surface area (Å²) < 4.78 is 0. The first kappa shape index (κ1) is 8.41. The summed E-state index contributed by atoms with van der Waals surface area (Å²) in [6.07, 6.45) is 9.08. The number of carbonyl (C=O) groups excluding carboxylic acids is 1. The first-order chi connectivity index (χ1) is 4.41. The lowest BCUT2D eigenvalue weighted by Crippen LogP contribution is -1.72. The maximum atomic E-state index is 9.81. The Kier molecular flexibility index (Phi) is 6.92. The highest BCUT2D eigenvalue weighted by Crippen LogP contribution is 1.94. The van der Waals surface area contributed by atoms with Crippen LogP contribution in [0.2, 0.25) is 0 Å². The van der Waals surface area contributed by atoms with Crippen molar-refractivity contribution in [2.24, 2.45) is 0 Å². The van der Waals surface area contributed by atoms with Crippen molar-refractivity contribution in [3.63, 3.8) is 0 Å². The molecule has 0 radical (unpaired) electrons. The van der Waals surface area contributed by atoms with Crippen LogP contribution in [0.3, 0.4) is 0 Å². The fourth-order valence-corrected chi connectivity index (χ4v) is 0.604. The Labute approximate surface area is 56.8 Å². The minimum absolute atomic E-state index is 0.702. The van der Waals surface area contributed by atoms with Crippen molar-refractivity contribution in [2.75, 3.05) is 0 Å². The Morgan fingerprint density at radius 2 is 2.00 bits per heavy atom. The molecule has 0 rings (SSSR count). The van der Waals surface area contributed by atoms with Gasteiger partial charge in [0.2, 0.25) is 0 Å². The number of hydrogen-bond acceptors (Lipinski definition) is 1. The molecule has 0 fully saturated rings. The first-order valence-corrected chi connectivity index (χ1v) is 3.50. The molecule has 1 heteroatoms. The lowest BCUT2D eigenvalue weighted by atomic mass is 10.2.